The summed E-state index contributed by atoms with van der Waals surface area (Å²) in [5.41, 5.74) is 1.82. The number of hydrogen-bond donors (Lipinski definition) is 1. The van der Waals surface area contributed by atoms with Crippen LogP contribution in [0, 0.1) is 0 Å². The second-order valence-electron chi connectivity index (χ2n) is 3.48. The Bertz CT molecular complexity index is 508. The molecule has 3 nitrogen and oxygen atoms in total. The molecule has 5 heteroatoms. The molecule has 1 aromatic carbocycles. The lowest BCUT2D eigenvalue weighted by Gasteiger charge is -2.09. The highest BCUT2D eigenvalue weighted by Gasteiger charge is 2.07. The minimum atomic E-state index is -0.479. The highest BCUT2D eigenvalue weighted by atomic mass is 79.9. The van der Waals surface area contributed by atoms with E-state index in [0.29, 0.717) is 0 Å². The summed E-state index contributed by atoms with van der Waals surface area (Å²) in [6.07, 6.45) is 3.13. The van der Waals surface area contributed by atoms with E-state index >= 15 is 0 Å². The number of rotatable bonds is 2. The minimum Gasteiger partial charge on any atom is -0.389 e. The van der Waals surface area contributed by atoms with Crippen LogP contribution in [0.15, 0.2) is 39.5 Å². The van der Waals surface area contributed by atoms with Gasteiger partial charge in [-0.1, -0.05) is 22.0 Å². The summed E-state index contributed by atoms with van der Waals surface area (Å²) >= 11 is 6.79. The molecule has 0 aliphatic rings. The topological polar surface area (TPSA) is 38.0 Å². The Morgan fingerprint density at radius 2 is 2.12 bits per heavy atom. The van der Waals surface area contributed by atoms with Crippen molar-refractivity contribution in [3.63, 3.8) is 0 Å². The fourth-order valence-corrected chi connectivity index (χ4v) is 2.42. The first-order valence-electron chi connectivity index (χ1n) is 4.76. The van der Waals surface area contributed by atoms with Crippen LogP contribution in [0.2, 0.25) is 0 Å². The fourth-order valence-electron chi connectivity index (χ4n) is 1.44. The van der Waals surface area contributed by atoms with E-state index in [-0.39, 0.29) is 0 Å². The third-order valence-corrected chi connectivity index (χ3v) is 3.35. The number of aromatic nitrogens is 2. The highest BCUT2D eigenvalue weighted by Crippen LogP contribution is 2.26. The normalized spacial score (nSPS) is 12.8. The Morgan fingerprint density at radius 3 is 2.62 bits per heavy atom. The fraction of sp³-hybridized carbons (Fsp3) is 0.182. The molecule has 2 rings (SSSR count). The van der Waals surface area contributed by atoms with Crippen LogP contribution in [-0.2, 0) is 0 Å². The van der Waals surface area contributed by atoms with Gasteiger partial charge in [0.15, 0.2) is 0 Å². The lowest BCUT2D eigenvalue weighted by atomic mass is 10.1. The molecule has 0 saturated carbocycles. The van der Waals surface area contributed by atoms with Gasteiger partial charge in [0.1, 0.15) is 0 Å². The molecule has 0 aliphatic carbocycles. The van der Waals surface area contributed by atoms with Crippen molar-refractivity contribution >= 4 is 31.9 Å². The van der Waals surface area contributed by atoms with E-state index in [0.717, 1.165) is 20.2 Å². The van der Waals surface area contributed by atoms with E-state index in [9.17, 15) is 5.11 Å². The lowest BCUT2D eigenvalue weighted by molar-refractivity contribution is 0.198. The van der Waals surface area contributed by atoms with Gasteiger partial charge in [0.05, 0.1) is 22.5 Å². The first kappa shape index (κ1) is 11.8. The Balaban J connectivity index is 2.42. The first-order chi connectivity index (χ1) is 7.58. The highest BCUT2D eigenvalue weighted by molar-refractivity contribution is 9.10. The zero-order valence-corrected chi connectivity index (χ0v) is 11.7. The molecule has 0 aliphatic heterocycles. The molecular weight excluding hydrogens is 336 g/mol. The molecule has 1 unspecified atom stereocenters. The second kappa shape index (κ2) is 4.69. The first-order valence-corrected chi connectivity index (χ1v) is 6.34. The molecule has 0 saturated heterocycles. The molecule has 0 bridgehead atoms. The van der Waals surface area contributed by atoms with E-state index < -0.39 is 6.10 Å². The quantitative estimate of drug-likeness (QED) is 0.905. The van der Waals surface area contributed by atoms with E-state index in [1.54, 1.807) is 17.8 Å². The standard InChI is InChI=1S/C11H10Br2N2O/c1-7(16)10-3-2-9(4-11(10)13)15-6-8(12)5-14-15/h2-7,16H,1H3. The Hall–Kier alpha value is -0.650. The summed E-state index contributed by atoms with van der Waals surface area (Å²) in [6, 6.07) is 5.74. The van der Waals surface area contributed by atoms with Crippen molar-refractivity contribution in [1.29, 1.82) is 0 Å². The molecule has 1 heterocycles. The molecule has 1 aromatic heterocycles. The SMILES string of the molecule is CC(O)c1ccc(-n2cc(Br)cn2)cc1Br. The summed E-state index contributed by atoms with van der Waals surface area (Å²) < 4.78 is 3.58. The van der Waals surface area contributed by atoms with Crippen molar-refractivity contribution in [2.24, 2.45) is 0 Å². The molecule has 2 aromatic rings. The maximum Gasteiger partial charge on any atom is 0.0772 e. The second-order valence-corrected chi connectivity index (χ2v) is 5.25. The van der Waals surface area contributed by atoms with Crippen LogP contribution in [0.5, 0.6) is 0 Å². The summed E-state index contributed by atoms with van der Waals surface area (Å²) in [5, 5.41) is 13.7. The molecule has 0 fully saturated rings. The third kappa shape index (κ3) is 2.36. The monoisotopic (exact) mass is 344 g/mol. The molecule has 84 valence electrons. The Morgan fingerprint density at radius 1 is 1.38 bits per heavy atom. The van der Waals surface area contributed by atoms with Crippen molar-refractivity contribution in [1.82, 2.24) is 9.78 Å². The van der Waals surface area contributed by atoms with Gasteiger partial charge in [-0.15, -0.1) is 0 Å². The molecule has 0 amide bonds. The maximum atomic E-state index is 9.51. The van der Waals surface area contributed by atoms with Crippen molar-refractivity contribution in [3.8, 4) is 5.69 Å². The van der Waals surface area contributed by atoms with Gasteiger partial charge in [-0.3, -0.25) is 0 Å². The number of halogens is 2. The van der Waals surface area contributed by atoms with Gasteiger partial charge >= 0.3 is 0 Å². The van der Waals surface area contributed by atoms with Gasteiger partial charge in [-0.2, -0.15) is 5.10 Å². The maximum absolute atomic E-state index is 9.51. The summed E-state index contributed by atoms with van der Waals surface area (Å²) in [6.45, 7) is 1.74. The van der Waals surface area contributed by atoms with E-state index in [1.807, 2.05) is 24.4 Å². The van der Waals surface area contributed by atoms with E-state index in [1.165, 1.54) is 0 Å². The average molecular weight is 346 g/mol. The van der Waals surface area contributed by atoms with Gasteiger partial charge in [0.25, 0.3) is 0 Å². The van der Waals surface area contributed by atoms with Crippen LogP contribution in [0.3, 0.4) is 0 Å². The van der Waals surface area contributed by atoms with E-state index in [4.69, 9.17) is 0 Å². The smallest absolute Gasteiger partial charge is 0.0772 e. The summed E-state index contributed by atoms with van der Waals surface area (Å²) in [7, 11) is 0. The van der Waals surface area contributed by atoms with Crippen LogP contribution in [0.25, 0.3) is 5.69 Å². The Labute approximate surface area is 110 Å². The number of aliphatic hydroxyl groups excluding tert-OH is 1. The zero-order valence-electron chi connectivity index (χ0n) is 8.56. The summed E-state index contributed by atoms with van der Waals surface area (Å²) in [5.74, 6) is 0. The number of aliphatic hydroxyl groups is 1. The van der Waals surface area contributed by atoms with Gasteiger partial charge in [-0.25, -0.2) is 4.68 Å². The van der Waals surface area contributed by atoms with Crippen LogP contribution in [-0.4, -0.2) is 14.9 Å². The van der Waals surface area contributed by atoms with Crippen molar-refractivity contribution in [2.45, 2.75) is 13.0 Å². The van der Waals surface area contributed by atoms with Crippen LogP contribution in [0.4, 0.5) is 0 Å². The minimum absolute atomic E-state index is 0.479. The van der Waals surface area contributed by atoms with Crippen molar-refractivity contribution in [3.05, 3.63) is 45.1 Å². The van der Waals surface area contributed by atoms with Crippen LogP contribution < -0.4 is 0 Å². The molecule has 1 N–H and O–H groups in total. The van der Waals surface area contributed by atoms with Crippen LogP contribution in [0.1, 0.15) is 18.6 Å². The number of hydrogen-bond acceptors (Lipinski definition) is 2. The van der Waals surface area contributed by atoms with Gasteiger partial charge in [0, 0.05) is 10.7 Å². The lowest BCUT2D eigenvalue weighted by Crippen LogP contribution is -1.97. The zero-order chi connectivity index (χ0) is 11.7. The average Bonchev–Trinajstić information content (AvgIpc) is 2.64. The van der Waals surface area contributed by atoms with Gasteiger partial charge in [0.2, 0.25) is 0 Å². The predicted octanol–water partition coefficient (Wildman–Crippen LogP) is 3.45. The van der Waals surface area contributed by atoms with E-state index in [2.05, 4.69) is 37.0 Å². The molecule has 16 heavy (non-hydrogen) atoms. The third-order valence-electron chi connectivity index (χ3n) is 2.25. The predicted molar refractivity (Wildman–Crippen MR) is 69.6 cm³/mol. The Kier molecular flexibility index (Phi) is 3.47. The van der Waals surface area contributed by atoms with Crippen molar-refractivity contribution < 1.29 is 5.11 Å². The molecule has 0 radical (unpaired) electrons. The number of nitrogens with zero attached hydrogens (tertiary/aromatic N) is 2. The van der Waals surface area contributed by atoms with Crippen LogP contribution >= 0.6 is 31.9 Å². The number of benzene rings is 1. The molecular formula is C11H10Br2N2O. The molecule has 0 spiro atoms. The molecule has 1 atom stereocenters. The summed E-state index contributed by atoms with van der Waals surface area (Å²) in [4.78, 5) is 0. The van der Waals surface area contributed by atoms with Gasteiger partial charge < -0.3 is 5.11 Å². The van der Waals surface area contributed by atoms with Gasteiger partial charge in [-0.05, 0) is 40.5 Å². The van der Waals surface area contributed by atoms with Crippen molar-refractivity contribution in [2.75, 3.05) is 0 Å². The largest absolute Gasteiger partial charge is 0.389 e.